The lowest BCUT2D eigenvalue weighted by Gasteiger charge is -2.15. The molecule has 8 heteroatoms. The summed E-state index contributed by atoms with van der Waals surface area (Å²) < 4.78 is 20.5. The van der Waals surface area contributed by atoms with E-state index in [4.69, 9.17) is 14.9 Å². The standard InChI is InChI=1S/C36H52FNO2.C4H4O4/c1-9-24-38(8)25-10-11-26-40-35-23-22-33(27-34(35)37)36(39)32(20-18-30(6)16-12-14-28(2)3)21-19-31(7)17-13-15-29(4)5;5-3(6)1-2-4(7)8/h9-11,14-15,18-19,22-23,27,32H,1,12-13,16-17,20-21,24-26H2,2-8H3;1-2H,(H,5,6)(H,7,8). The zero-order valence-electron chi connectivity index (χ0n) is 29.9. The molecule has 1 aromatic carbocycles. The van der Waals surface area contributed by atoms with Crippen molar-refractivity contribution in [1.82, 2.24) is 4.90 Å². The highest BCUT2D eigenvalue weighted by Gasteiger charge is 2.20. The van der Waals surface area contributed by atoms with Crippen molar-refractivity contribution in [2.45, 2.75) is 80.1 Å². The average Bonchev–Trinajstić information content (AvgIpc) is 3.00. The van der Waals surface area contributed by atoms with Crippen LogP contribution in [0.15, 0.2) is 102 Å². The largest absolute Gasteiger partial charge is 0.486 e. The number of carboxylic acids is 2. The molecule has 0 atom stereocenters. The Morgan fingerprint density at radius 2 is 1.35 bits per heavy atom. The number of hydrogen-bond donors (Lipinski definition) is 2. The van der Waals surface area contributed by atoms with Gasteiger partial charge in [-0.3, -0.25) is 9.69 Å². The molecule has 0 aromatic heterocycles. The monoisotopic (exact) mass is 665 g/mol. The number of likely N-dealkylation sites (N-methyl/N-ethyl adjacent to an activating group) is 1. The van der Waals surface area contributed by atoms with Gasteiger partial charge in [0.2, 0.25) is 0 Å². The predicted octanol–water partition coefficient (Wildman–Crippen LogP) is 9.55. The van der Waals surface area contributed by atoms with E-state index in [1.165, 1.54) is 28.4 Å². The molecule has 0 unspecified atom stereocenters. The second-order valence-electron chi connectivity index (χ2n) is 12.2. The first-order chi connectivity index (χ1) is 22.7. The molecule has 7 nitrogen and oxygen atoms in total. The molecular weight excluding hydrogens is 609 g/mol. The van der Waals surface area contributed by atoms with Crippen LogP contribution >= 0.6 is 0 Å². The number of carboxylic acid groups (broad SMARTS) is 2. The van der Waals surface area contributed by atoms with Gasteiger partial charge in [-0.25, -0.2) is 14.0 Å². The van der Waals surface area contributed by atoms with Crippen LogP contribution in [0.25, 0.3) is 0 Å². The van der Waals surface area contributed by atoms with E-state index in [1.807, 2.05) is 25.3 Å². The zero-order chi connectivity index (χ0) is 36.5. The number of halogens is 1. The fourth-order valence-corrected chi connectivity index (χ4v) is 4.28. The summed E-state index contributed by atoms with van der Waals surface area (Å²) in [7, 11) is 2.00. The summed E-state index contributed by atoms with van der Waals surface area (Å²) in [5.74, 6) is -3.14. The summed E-state index contributed by atoms with van der Waals surface area (Å²) in [5.41, 5.74) is 5.58. The molecule has 48 heavy (non-hydrogen) atoms. The first-order valence-corrected chi connectivity index (χ1v) is 16.3. The molecule has 1 rings (SSSR count). The topological polar surface area (TPSA) is 104 Å². The van der Waals surface area contributed by atoms with E-state index < -0.39 is 17.8 Å². The van der Waals surface area contributed by atoms with Crippen LogP contribution in [0.3, 0.4) is 0 Å². The highest BCUT2D eigenvalue weighted by atomic mass is 19.1. The maximum absolute atomic E-state index is 14.9. The minimum absolute atomic E-state index is 0.0303. The molecule has 0 aliphatic rings. The van der Waals surface area contributed by atoms with E-state index in [0.717, 1.165) is 38.8 Å². The summed E-state index contributed by atoms with van der Waals surface area (Å²) >= 11 is 0. The van der Waals surface area contributed by atoms with Gasteiger partial charge in [-0.05, 0) is 105 Å². The van der Waals surface area contributed by atoms with Gasteiger partial charge in [0.1, 0.15) is 6.61 Å². The minimum Gasteiger partial charge on any atom is -0.486 e. The molecule has 0 spiro atoms. The van der Waals surface area contributed by atoms with Crippen LogP contribution in [0.5, 0.6) is 5.75 Å². The Balaban J connectivity index is 0.00000243. The van der Waals surface area contributed by atoms with Gasteiger partial charge >= 0.3 is 11.9 Å². The fourth-order valence-electron chi connectivity index (χ4n) is 4.28. The molecule has 1 aromatic rings. The molecule has 0 radical (unpaired) electrons. The molecule has 0 saturated carbocycles. The highest BCUT2D eigenvalue weighted by Crippen LogP contribution is 2.25. The van der Waals surface area contributed by atoms with Gasteiger partial charge < -0.3 is 14.9 Å². The second kappa shape index (κ2) is 25.7. The number of ketones is 1. The summed E-state index contributed by atoms with van der Waals surface area (Å²) in [4.78, 5) is 34.8. The molecule has 2 N–H and O–H groups in total. The quantitative estimate of drug-likeness (QED) is 0.0766. The third-order valence-corrected chi connectivity index (χ3v) is 7.00. The average molecular weight is 666 g/mol. The zero-order valence-corrected chi connectivity index (χ0v) is 29.9. The first-order valence-electron chi connectivity index (χ1n) is 16.3. The van der Waals surface area contributed by atoms with Crippen LogP contribution in [0.4, 0.5) is 4.39 Å². The molecule has 264 valence electrons. The maximum Gasteiger partial charge on any atom is 0.328 e. The van der Waals surface area contributed by atoms with Crippen LogP contribution in [0, 0.1) is 11.7 Å². The Labute approximate surface area is 287 Å². The Hall–Kier alpha value is -4.30. The van der Waals surface area contributed by atoms with Gasteiger partial charge in [0.05, 0.1) is 0 Å². The smallest absolute Gasteiger partial charge is 0.328 e. The molecule has 0 aliphatic heterocycles. The number of nitrogens with zero attached hydrogens (tertiary/aromatic N) is 1. The van der Waals surface area contributed by atoms with Crippen molar-refractivity contribution in [2.75, 3.05) is 26.7 Å². The normalized spacial score (nSPS) is 12.4. The van der Waals surface area contributed by atoms with Crippen molar-refractivity contribution >= 4 is 17.7 Å². The highest BCUT2D eigenvalue weighted by molar-refractivity contribution is 5.98. The van der Waals surface area contributed by atoms with E-state index in [9.17, 15) is 18.8 Å². The number of ether oxygens (including phenoxy) is 1. The van der Waals surface area contributed by atoms with Gasteiger partial charge in [-0.2, -0.15) is 0 Å². The van der Waals surface area contributed by atoms with Crippen molar-refractivity contribution < 1.29 is 33.7 Å². The van der Waals surface area contributed by atoms with Crippen LogP contribution in [-0.2, 0) is 9.59 Å². The number of rotatable bonds is 21. The van der Waals surface area contributed by atoms with E-state index in [-0.39, 0.29) is 24.1 Å². The van der Waals surface area contributed by atoms with Gasteiger partial charge in [-0.15, -0.1) is 6.58 Å². The number of aliphatic carboxylic acids is 2. The number of Topliss-reactive ketones (excluding diaryl/α,β-unsaturated/α-hetero) is 1. The van der Waals surface area contributed by atoms with E-state index in [2.05, 4.69) is 77.3 Å². The number of carbonyl (C=O) groups excluding carboxylic acids is 1. The van der Waals surface area contributed by atoms with Crippen LogP contribution in [0.1, 0.15) is 90.4 Å². The Morgan fingerprint density at radius 1 is 0.833 bits per heavy atom. The fraction of sp³-hybridized carbons (Fsp3) is 0.425. The van der Waals surface area contributed by atoms with Gasteiger partial charge in [0.25, 0.3) is 0 Å². The lowest BCUT2D eigenvalue weighted by Crippen LogP contribution is -2.17. The third-order valence-electron chi connectivity index (χ3n) is 7.00. The molecule has 0 amide bonds. The molecule has 0 aliphatic carbocycles. The predicted molar refractivity (Wildman–Crippen MR) is 195 cm³/mol. The number of carbonyl (C=O) groups is 3. The van der Waals surface area contributed by atoms with Crippen molar-refractivity contribution in [2.24, 2.45) is 5.92 Å². The van der Waals surface area contributed by atoms with Crippen LogP contribution in [0.2, 0.25) is 0 Å². The van der Waals surface area contributed by atoms with Crippen molar-refractivity contribution in [3.63, 3.8) is 0 Å². The van der Waals surface area contributed by atoms with Gasteiger partial charge in [0, 0.05) is 36.7 Å². The maximum atomic E-state index is 14.9. The number of allylic oxidation sites excluding steroid dienone is 8. The van der Waals surface area contributed by atoms with E-state index in [1.54, 1.807) is 12.1 Å². The lowest BCUT2D eigenvalue weighted by molar-refractivity contribution is -0.134. The number of benzene rings is 1. The van der Waals surface area contributed by atoms with Crippen LogP contribution in [-0.4, -0.2) is 59.6 Å². The number of hydrogen-bond acceptors (Lipinski definition) is 5. The Morgan fingerprint density at radius 3 is 1.79 bits per heavy atom. The first kappa shape index (κ1) is 43.7. The molecule has 0 fully saturated rings. The van der Waals surface area contributed by atoms with E-state index >= 15 is 0 Å². The lowest BCUT2D eigenvalue weighted by atomic mass is 9.89. The van der Waals surface area contributed by atoms with Crippen molar-refractivity contribution in [3.05, 3.63) is 113 Å². The summed E-state index contributed by atoms with van der Waals surface area (Å²) in [6.45, 7) is 18.2. The summed E-state index contributed by atoms with van der Waals surface area (Å²) in [6, 6.07) is 4.58. The van der Waals surface area contributed by atoms with Crippen LogP contribution < -0.4 is 4.74 Å². The molecule has 0 heterocycles. The Kier molecular flexibility index (Phi) is 23.4. The molecule has 0 bridgehead atoms. The van der Waals surface area contributed by atoms with Gasteiger partial charge in [0.15, 0.2) is 17.3 Å². The SMILES string of the molecule is C=CCN(C)CC=CCOc1ccc(C(=O)C(CC=C(C)CCC=C(C)C)CC=C(C)CCC=C(C)C)cc1F.O=C(O)C=CC(=O)O. The summed E-state index contributed by atoms with van der Waals surface area (Å²) in [5, 5.41) is 15.6. The minimum atomic E-state index is -1.26. The second-order valence-corrected chi connectivity index (χ2v) is 12.2. The summed E-state index contributed by atoms with van der Waals surface area (Å²) in [6.07, 6.45) is 20.9. The Bertz CT molecular complexity index is 1300. The third kappa shape index (κ3) is 23.1. The van der Waals surface area contributed by atoms with Crippen molar-refractivity contribution in [3.8, 4) is 5.75 Å². The van der Waals surface area contributed by atoms with Crippen molar-refractivity contribution in [1.29, 1.82) is 0 Å². The van der Waals surface area contributed by atoms with E-state index in [0.29, 0.717) is 30.6 Å². The van der Waals surface area contributed by atoms with Gasteiger partial charge in [-0.1, -0.05) is 64.8 Å². The molecule has 0 saturated heterocycles. The molecular formula is C40H56FNO6.